The summed E-state index contributed by atoms with van der Waals surface area (Å²) in [6.45, 7) is 4.78. The average Bonchev–Trinajstić information content (AvgIpc) is 3.75. The van der Waals surface area contributed by atoms with Crippen LogP contribution in [0.25, 0.3) is 66.1 Å². The van der Waals surface area contributed by atoms with Crippen LogP contribution in [0.15, 0.2) is 210 Å². The SMILES string of the molecule is CC1(C)C2=CC(N(c3ccc(-c4ccccc4)cc3)c3ccc4oc5c6ccccc6c(-c6cccc(-c7ccccc7)c6)cc5c4c3)=CCC2c2ccccc21. The third kappa shape index (κ3) is 5.47. The van der Waals surface area contributed by atoms with Crippen molar-refractivity contribution in [3.8, 4) is 33.4 Å². The van der Waals surface area contributed by atoms with Gasteiger partial charge in [0.05, 0.1) is 0 Å². The largest absolute Gasteiger partial charge is 0.455 e. The number of hydrogen-bond acceptors (Lipinski definition) is 2. The van der Waals surface area contributed by atoms with Crippen molar-refractivity contribution >= 4 is 44.1 Å². The molecule has 1 heterocycles. The number of anilines is 2. The minimum Gasteiger partial charge on any atom is -0.455 e. The molecule has 0 radical (unpaired) electrons. The van der Waals surface area contributed by atoms with Crippen molar-refractivity contribution in [3.63, 3.8) is 0 Å². The minimum absolute atomic E-state index is 0.0520. The molecule has 0 saturated heterocycles. The van der Waals surface area contributed by atoms with E-state index in [2.05, 4.69) is 213 Å². The lowest BCUT2D eigenvalue weighted by Crippen LogP contribution is -2.22. The Morgan fingerprint density at radius 3 is 1.93 bits per heavy atom. The van der Waals surface area contributed by atoms with Gasteiger partial charge in [-0.2, -0.15) is 0 Å². The van der Waals surface area contributed by atoms with Crippen LogP contribution in [0.3, 0.4) is 0 Å². The van der Waals surface area contributed by atoms with E-state index in [1.54, 1.807) is 0 Å². The van der Waals surface area contributed by atoms with E-state index in [1.807, 2.05) is 0 Å². The molecule has 11 rings (SSSR count). The van der Waals surface area contributed by atoms with E-state index in [4.69, 9.17) is 4.42 Å². The first kappa shape index (κ1) is 33.4. The predicted molar refractivity (Wildman–Crippen MR) is 239 cm³/mol. The summed E-state index contributed by atoms with van der Waals surface area (Å²) in [4.78, 5) is 2.45. The van der Waals surface area contributed by atoms with E-state index in [0.29, 0.717) is 5.92 Å². The van der Waals surface area contributed by atoms with Crippen molar-refractivity contribution in [2.45, 2.75) is 31.6 Å². The number of benzene rings is 8. The van der Waals surface area contributed by atoms with E-state index >= 15 is 0 Å². The van der Waals surface area contributed by atoms with Crippen molar-refractivity contribution < 1.29 is 4.42 Å². The maximum atomic E-state index is 6.78. The molecule has 9 aromatic rings. The standard InChI is InChI=1S/C55H41NO/c1-55(2)51-23-12-11-21-45(51)46-30-28-43(34-52(46)55)56(41-26-24-38(25-27-41)36-14-5-3-6-15-36)42-29-31-53-49(33-42)50-35-48(44-20-9-10-22-47(44)54(50)57-53)40-19-13-18-39(32-40)37-16-7-4-8-17-37/h3-29,31-35,46H,30H2,1-2H3. The van der Waals surface area contributed by atoms with Gasteiger partial charge in [-0.3, -0.25) is 0 Å². The second-order valence-corrected chi connectivity index (χ2v) is 16.1. The summed E-state index contributed by atoms with van der Waals surface area (Å²) in [5.41, 5.74) is 16.8. The summed E-state index contributed by atoms with van der Waals surface area (Å²) in [7, 11) is 0. The summed E-state index contributed by atoms with van der Waals surface area (Å²) in [5.74, 6) is 0.398. The number of allylic oxidation sites excluding steroid dienone is 3. The van der Waals surface area contributed by atoms with E-state index in [0.717, 1.165) is 45.1 Å². The van der Waals surface area contributed by atoms with E-state index in [-0.39, 0.29) is 5.41 Å². The Labute approximate surface area is 333 Å². The zero-order valence-corrected chi connectivity index (χ0v) is 32.1. The lowest BCUT2D eigenvalue weighted by atomic mass is 9.78. The highest BCUT2D eigenvalue weighted by atomic mass is 16.3. The van der Waals surface area contributed by atoms with Crippen LogP contribution >= 0.6 is 0 Å². The van der Waals surface area contributed by atoms with Crippen LogP contribution in [-0.2, 0) is 5.41 Å². The molecule has 8 aromatic carbocycles. The van der Waals surface area contributed by atoms with Gasteiger partial charge in [-0.15, -0.1) is 0 Å². The van der Waals surface area contributed by atoms with Gasteiger partial charge < -0.3 is 9.32 Å². The monoisotopic (exact) mass is 731 g/mol. The van der Waals surface area contributed by atoms with Gasteiger partial charge in [0.25, 0.3) is 0 Å². The molecule has 1 atom stereocenters. The third-order valence-electron chi connectivity index (χ3n) is 12.5. The molecule has 0 N–H and O–H groups in total. The van der Waals surface area contributed by atoms with Gasteiger partial charge in [-0.1, -0.05) is 165 Å². The molecule has 0 fully saturated rings. The molecular weight excluding hydrogens is 691 g/mol. The van der Waals surface area contributed by atoms with Crippen LogP contribution in [0.4, 0.5) is 11.4 Å². The predicted octanol–water partition coefficient (Wildman–Crippen LogP) is 15.2. The second-order valence-electron chi connectivity index (χ2n) is 16.1. The van der Waals surface area contributed by atoms with Crippen molar-refractivity contribution in [3.05, 3.63) is 217 Å². The molecule has 0 spiro atoms. The smallest absolute Gasteiger partial charge is 0.143 e. The van der Waals surface area contributed by atoms with E-state index < -0.39 is 0 Å². The molecule has 2 aliphatic carbocycles. The number of nitrogens with zero attached hydrogens (tertiary/aromatic N) is 1. The van der Waals surface area contributed by atoms with Crippen LogP contribution in [-0.4, -0.2) is 0 Å². The summed E-state index contributed by atoms with van der Waals surface area (Å²) >= 11 is 0. The van der Waals surface area contributed by atoms with Crippen LogP contribution in [0.2, 0.25) is 0 Å². The van der Waals surface area contributed by atoms with Gasteiger partial charge >= 0.3 is 0 Å². The normalized spacial score (nSPS) is 15.6. The Bertz CT molecular complexity index is 3060. The highest BCUT2D eigenvalue weighted by Gasteiger charge is 2.42. The lowest BCUT2D eigenvalue weighted by Gasteiger charge is -2.33. The zero-order valence-electron chi connectivity index (χ0n) is 32.1. The molecule has 57 heavy (non-hydrogen) atoms. The summed E-state index contributed by atoms with van der Waals surface area (Å²) in [5, 5.41) is 4.53. The molecule has 0 amide bonds. The summed E-state index contributed by atoms with van der Waals surface area (Å²) < 4.78 is 6.78. The number of furan rings is 1. The molecule has 0 saturated carbocycles. The number of fused-ring (bicyclic) bond motifs is 8. The fraction of sp³-hybridized carbons (Fsp3) is 0.0909. The van der Waals surface area contributed by atoms with Crippen molar-refractivity contribution in [1.29, 1.82) is 0 Å². The maximum absolute atomic E-state index is 6.78. The highest BCUT2D eigenvalue weighted by Crippen LogP contribution is 2.54. The molecule has 2 heteroatoms. The fourth-order valence-corrected chi connectivity index (χ4v) is 9.62. The van der Waals surface area contributed by atoms with Gasteiger partial charge in [0.1, 0.15) is 11.2 Å². The molecule has 2 aliphatic rings. The van der Waals surface area contributed by atoms with E-state index in [1.165, 1.54) is 61.2 Å². The van der Waals surface area contributed by atoms with Crippen molar-refractivity contribution in [2.24, 2.45) is 0 Å². The summed E-state index contributed by atoms with van der Waals surface area (Å²) in [6, 6.07) is 66.0. The van der Waals surface area contributed by atoms with Crippen molar-refractivity contribution in [1.82, 2.24) is 0 Å². The van der Waals surface area contributed by atoms with Gasteiger partial charge in [-0.25, -0.2) is 0 Å². The number of hydrogen-bond donors (Lipinski definition) is 0. The van der Waals surface area contributed by atoms with Crippen molar-refractivity contribution in [2.75, 3.05) is 4.90 Å². The van der Waals surface area contributed by atoms with Crippen LogP contribution in [0.1, 0.15) is 37.3 Å². The van der Waals surface area contributed by atoms with Crippen LogP contribution in [0.5, 0.6) is 0 Å². The molecule has 2 nitrogen and oxygen atoms in total. The maximum Gasteiger partial charge on any atom is 0.143 e. The zero-order chi connectivity index (χ0) is 38.1. The van der Waals surface area contributed by atoms with Gasteiger partial charge in [0, 0.05) is 44.6 Å². The topological polar surface area (TPSA) is 16.4 Å². The Kier molecular flexibility index (Phi) is 7.69. The van der Waals surface area contributed by atoms with Crippen LogP contribution in [0, 0.1) is 0 Å². The Morgan fingerprint density at radius 1 is 0.509 bits per heavy atom. The first-order chi connectivity index (χ1) is 28.0. The molecule has 1 aromatic heterocycles. The minimum atomic E-state index is -0.0520. The van der Waals surface area contributed by atoms with Gasteiger partial charge in [0.15, 0.2) is 0 Å². The molecule has 0 bridgehead atoms. The third-order valence-corrected chi connectivity index (χ3v) is 12.5. The van der Waals surface area contributed by atoms with E-state index in [9.17, 15) is 0 Å². The van der Waals surface area contributed by atoms with Gasteiger partial charge in [-0.05, 0) is 105 Å². The fourth-order valence-electron chi connectivity index (χ4n) is 9.62. The molecule has 272 valence electrons. The Hall–Kier alpha value is -6.90. The lowest BCUT2D eigenvalue weighted by molar-refractivity contribution is 0.609. The van der Waals surface area contributed by atoms with Crippen LogP contribution < -0.4 is 4.90 Å². The molecular formula is C55H41NO. The first-order valence-electron chi connectivity index (χ1n) is 20.0. The van der Waals surface area contributed by atoms with Gasteiger partial charge in [0.2, 0.25) is 0 Å². The molecule has 0 aliphatic heterocycles. The summed E-state index contributed by atoms with van der Waals surface area (Å²) in [6.07, 6.45) is 5.89. The Balaban J connectivity index is 1.09. The average molecular weight is 732 g/mol. The quantitative estimate of drug-likeness (QED) is 0.169. The second kappa shape index (κ2) is 13.1. The molecule has 1 unspecified atom stereocenters. The first-order valence-corrected chi connectivity index (χ1v) is 20.0. The highest BCUT2D eigenvalue weighted by molar-refractivity contribution is 6.19. The Morgan fingerprint density at radius 2 is 1.14 bits per heavy atom. The number of rotatable bonds is 6.